The lowest BCUT2D eigenvalue weighted by Crippen LogP contribution is -2.21. The van der Waals surface area contributed by atoms with Gasteiger partial charge < -0.3 is 15.5 Å². The molecular formula is C20H21F2N5. The molecule has 140 valence electrons. The standard InChI is InChI=1S/C20H21F2N5/c1-3-27(4-2)16-8-5-14(6-9-16)25-20-23-12-11-19(26-20)24-15-7-10-17(21)18(22)13-15/h5-13H,3-4H2,1-2H3,(H2,23,24,25,26). The van der Waals surface area contributed by atoms with Crippen LogP contribution in [-0.4, -0.2) is 23.1 Å². The molecule has 0 spiro atoms. The van der Waals surface area contributed by atoms with E-state index >= 15 is 0 Å². The molecule has 0 saturated carbocycles. The number of hydrogen-bond donors (Lipinski definition) is 2. The minimum atomic E-state index is -0.916. The van der Waals surface area contributed by atoms with Gasteiger partial charge in [0.15, 0.2) is 11.6 Å². The van der Waals surface area contributed by atoms with Crippen molar-refractivity contribution >= 4 is 28.8 Å². The monoisotopic (exact) mass is 369 g/mol. The molecule has 2 aromatic carbocycles. The number of nitrogens with one attached hydrogen (secondary N) is 2. The van der Waals surface area contributed by atoms with Gasteiger partial charge in [-0.15, -0.1) is 0 Å². The summed E-state index contributed by atoms with van der Waals surface area (Å²) in [6.07, 6.45) is 1.59. The summed E-state index contributed by atoms with van der Waals surface area (Å²) in [4.78, 5) is 10.8. The molecule has 3 aromatic rings. The lowest BCUT2D eigenvalue weighted by atomic mass is 10.2. The van der Waals surface area contributed by atoms with E-state index in [-0.39, 0.29) is 0 Å². The highest BCUT2D eigenvalue weighted by atomic mass is 19.2. The van der Waals surface area contributed by atoms with Crippen molar-refractivity contribution in [2.45, 2.75) is 13.8 Å². The van der Waals surface area contributed by atoms with Gasteiger partial charge in [-0.05, 0) is 56.3 Å². The molecule has 5 nitrogen and oxygen atoms in total. The minimum Gasteiger partial charge on any atom is -0.372 e. The number of benzene rings is 2. The van der Waals surface area contributed by atoms with E-state index in [1.54, 1.807) is 12.3 Å². The SMILES string of the molecule is CCN(CC)c1ccc(Nc2nccc(Nc3ccc(F)c(F)c3)n2)cc1. The predicted octanol–water partition coefficient (Wildman–Crippen LogP) is 5.09. The van der Waals surface area contributed by atoms with Gasteiger partial charge in [-0.1, -0.05) is 0 Å². The van der Waals surface area contributed by atoms with Gasteiger partial charge in [0.2, 0.25) is 5.95 Å². The van der Waals surface area contributed by atoms with E-state index in [1.807, 2.05) is 24.3 Å². The van der Waals surface area contributed by atoms with E-state index in [0.717, 1.165) is 36.6 Å². The largest absolute Gasteiger partial charge is 0.372 e. The zero-order valence-corrected chi connectivity index (χ0v) is 15.2. The van der Waals surface area contributed by atoms with Gasteiger partial charge in [0, 0.05) is 42.4 Å². The van der Waals surface area contributed by atoms with Crippen molar-refractivity contribution in [3.8, 4) is 0 Å². The molecule has 0 aliphatic rings. The summed E-state index contributed by atoms with van der Waals surface area (Å²) in [5, 5.41) is 6.07. The van der Waals surface area contributed by atoms with Crippen LogP contribution in [0.2, 0.25) is 0 Å². The summed E-state index contributed by atoms with van der Waals surface area (Å²) in [5.74, 6) is -0.934. The van der Waals surface area contributed by atoms with Crippen LogP contribution in [0.5, 0.6) is 0 Å². The lowest BCUT2D eigenvalue weighted by molar-refractivity contribution is 0.509. The predicted molar refractivity (Wildman–Crippen MR) is 105 cm³/mol. The second-order valence-corrected chi connectivity index (χ2v) is 5.86. The van der Waals surface area contributed by atoms with Gasteiger partial charge in [0.1, 0.15) is 5.82 Å². The highest BCUT2D eigenvalue weighted by molar-refractivity contribution is 5.61. The van der Waals surface area contributed by atoms with E-state index in [0.29, 0.717) is 17.5 Å². The Labute approximate surface area is 157 Å². The summed E-state index contributed by atoms with van der Waals surface area (Å²) in [6, 6.07) is 13.2. The fourth-order valence-electron chi connectivity index (χ4n) is 2.68. The second-order valence-electron chi connectivity index (χ2n) is 5.86. The van der Waals surface area contributed by atoms with Crippen LogP contribution in [0.4, 0.5) is 37.6 Å². The van der Waals surface area contributed by atoms with E-state index in [1.165, 1.54) is 6.07 Å². The number of rotatable bonds is 7. The summed E-state index contributed by atoms with van der Waals surface area (Å²) < 4.78 is 26.4. The van der Waals surface area contributed by atoms with Crippen molar-refractivity contribution in [3.05, 3.63) is 66.4 Å². The maximum absolute atomic E-state index is 13.3. The number of anilines is 5. The molecule has 0 aliphatic heterocycles. The highest BCUT2D eigenvalue weighted by Crippen LogP contribution is 2.21. The van der Waals surface area contributed by atoms with Gasteiger partial charge in [-0.3, -0.25) is 0 Å². The molecule has 27 heavy (non-hydrogen) atoms. The summed E-state index contributed by atoms with van der Waals surface area (Å²) in [5.41, 5.74) is 2.42. The average Bonchev–Trinajstić information content (AvgIpc) is 2.67. The Morgan fingerprint density at radius 2 is 1.56 bits per heavy atom. The molecule has 0 unspecified atom stereocenters. The van der Waals surface area contributed by atoms with Crippen LogP contribution in [-0.2, 0) is 0 Å². The van der Waals surface area contributed by atoms with E-state index in [4.69, 9.17) is 0 Å². The smallest absolute Gasteiger partial charge is 0.229 e. The van der Waals surface area contributed by atoms with Crippen molar-refractivity contribution in [1.29, 1.82) is 0 Å². The first-order valence-corrected chi connectivity index (χ1v) is 8.76. The first-order chi connectivity index (χ1) is 13.1. The van der Waals surface area contributed by atoms with Crippen LogP contribution in [0.25, 0.3) is 0 Å². The van der Waals surface area contributed by atoms with Crippen molar-refractivity contribution in [3.63, 3.8) is 0 Å². The van der Waals surface area contributed by atoms with Crippen LogP contribution in [0.15, 0.2) is 54.7 Å². The molecule has 0 saturated heterocycles. The Kier molecular flexibility index (Phi) is 5.80. The first kappa shape index (κ1) is 18.6. The first-order valence-electron chi connectivity index (χ1n) is 8.76. The van der Waals surface area contributed by atoms with Crippen LogP contribution in [0.1, 0.15) is 13.8 Å². The molecule has 0 atom stereocenters. The molecule has 1 aromatic heterocycles. The maximum Gasteiger partial charge on any atom is 0.229 e. The van der Waals surface area contributed by atoms with Gasteiger partial charge in [-0.2, -0.15) is 4.98 Å². The fourth-order valence-corrected chi connectivity index (χ4v) is 2.68. The van der Waals surface area contributed by atoms with E-state index < -0.39 is 11.6 Å². The zero-order valence-electron chi connectivity index (χ0n) is 15.2. The quantitative estimate of drug-likeness (QED) is 0.608. The Hall–Kier alpha value is -3.22. The van der Waals surface area contributed by atoms with Gasteiger partial charge >= 0.3 is 0 Å². The Morgan fingerprint density at radius 3 is 2.22 bits per heavy atom. The third-order valence-corrected chi connectivity index (χ3v) is 4.10. The summed E-state index contributed by atoms with van der Waals surface area (Å²) in [7, 11) is 0. The van der Waals surface area contributed by atoms with Gasteiger partial charge in [-0.25, -0.2) is 13.8 Å². The third-order valence-electron chi connectivity index (χ3n) is 4.10. The molecule has 0 radical (unpaired) electrons. The van der Waals surface area contributed by atoms with Gasteiger partial charge in [0.05, 0.1) is 0 Å². The molecular weight excluding hydrogens is 348 g/mol. The zero-order chi connectivity index (χ0) is 19.2. The van der Waals surface area contributed by atoms with Crippen molar-refractivity contribution in [1.82, 2.24) is 9.97 Å². The van der Waals surface area contributed by atoms with Crippen LogP contribution in [0.3, 0.4) is 0 Å². The van der Waals surface area contributed by atoms with Crippen LogP contribution >= 0.6 is 0 Å². The van der Waals surface area contributed by atoms with Gasteiger partial charge in [0.25, 0.3) is 0 Å². The van der Waals surface area contributed by atoms with Crippen molar-refractivity contribution in [2.75, 3.05) is 28.6 Å². The number of hydrogen-bond acceptors (Lipinski definition) is 5. The molecule has 1 heterocycles. The van der Waals surface area contributed by atoms with E-state index in [2.05, 4.69) is 39.3 Å². The lowest BCUT2D eigenvalue weighted by Gasteiger charge is -2.21. The average molecular weight is 369 g/mol. The number of halogens is 2. The Balaban J connectivity index is 1.71. The molecule has 0 amide bonds. The van der Waals surface area contributed by atoms with Crippen molar-refractivity contribution in [2.24, 2.45) is 0 Å². The second kappa shape index (κ2) is 8.44. The molecule has 0 bridgehead atoms. The minimum absolute atomic E-state index is 0.401. The molecule has 7 heteroatoms. The normalized spacial score (nSPS) is 10.5. The number of nitrogens with zero attached hydrogens (tertiary/aromatic N) is 3. The maximum atomic E-state index is 13.3. The molecule has 2 N–H and O–H groups in total. The molecule has 3 rings (SSSR count). The van der Waals surface area contributed by atoms with E-state index in [9.17, 15) is 8.78 Å². The fraction of sp³-hybridized carbons (Fsp3) is 0.200. The topological polar surface area (TPSA) is 53.1 Å². The Morgan fingerprint density at radius 1 is 0.852 bits per heavy atom. The van der Waals surface area contributed by atoms with Crippen molar-refractivity contribution < 1.29 is 8.78 Å². The Bertz CT molecular complexity index is 895. The highest BCUT2D eigenvalue weighted by Gasteiger charge is 2.06. The number of aromatic nitrogens is 2. The van der Waals surface area contributed by atoms with Crippen LogP contribution in [0, 0.1) is 11.6 Å². The summed E-state index contributed by atoms with van der Waals surface area (Å²) in [6.45, 7) is 6.14. The molecule has 0 fully saturated rings. The third kappa shape index (κ3) is 4.69. The summed E-state index contributed by atoms with van der Waals surface area (Å²) >= 11 is 0. The molecule has 0 aliphatic carbocycles. The van der Waals surface area contributed by atoms with Crippen LogP contribution < -0.4 is 15.5 Å².